The van der Waals surface area contributed by atoms with Gasteiger partial charge in [0.2, 0.25) is 5.92 Å². The second kappa shape index (κ2) is 8.10. The van der Waals surface area contributed by atoms with Crippen LogP contribution in [0.1, 0.15) is 48.7 Å². The number of nitrogens with one attached hydrogen (secondary N) is 1. The van der Waals surface area contributed by atoms with Crippen molar-refractivity contribution < 1.29 is 13.9 Å². The normalized spacial score (nSPS) is 17.8. The molecule has 0 bridgehead atoms. The Morgan fingerprint density at radius 2 is 2.07 bits per heavy atom. The lowest BCUT2D eigenvalue weighted by molar-refractivity contribution is -0.0361. The molecule has 8 nitrogen and oxygen atoms in total. The second-order valence-corrected chi connectivity index (χ2v) is 7.92. The van der Waals surface area contributed by atoms with Crippen LogP contribution < -0.4 is 5.32 Å². The molecule has 1 saturated carbocycles. The Morgan fingerprint density at radius 1 is 1.30 bits per heavy atom. The number of aliphatic hydroxyl groups excluding tert-OH is 1. The maximum atomic E-state index is 13.5. The van der Waals surface area contributed by atoms with Crippen LogP contribution >= 0.6 is 0 Å². The molecule has 3 heterocycles. The molecule has 0 radical (unpaired) electrons. The van der Waals surface area contributed by atoms with E-state index in [0.717, 1.165) is 5.69 Å². The summed E-state index contributed by atoms with van der Waals surface area (Å²) in [6.45, 7) is 1.88. The highest BCUT2D eigenvalue weighted by Gasteiger charge is 2.35. The first kappa shape index (κ1) is 20.4. The van der Waals surface area contributed by atoms with Crippen LogP contribution in [0.25, 0.3) is 5.82 Å². The summed E-state index contributed by atoms with van der Waals surface area (Å²) >= 11 is 0. The fraction of sp³-hybridized carbons (Fsp3) is 0.500. The van der Waals surface area contributed by atoms with E-state index in [2.05, 4.69) is 25.7 Å². The average Bonchev–Trinajstić information content (AvgIpc) is 3.31. The number of anilines is 1. The molecule has 1 aliphatic rings. The van der Waals surface area contributed by atoms with Gasteiger partial charge in [-0.05, 0) is 43.5 Å². The Kier molecular flexibility index (Phi) is 5.50. The van der Waals surface area contributed by atoms with Gasteiger partial charge in [-0.15, -0.1) is 5.10 Å². The van der Waals surface area contributed by atoms with Crippen molar-refractivity contribution in [3.63, 3.8) is 0 Å². The van der Waals surface area contributed by atoms with Crippen molar-refractivity contribution in [2.45, 2.75) is 57.1 Å². The number of aromatic nitrogens is 6. The van der Waals surface area contributed by atoms with Crippen molar-refractivity contribution in [3.05, 3.63) is 47.5 Å². The first-order valence-corrected chi connectivity index (χ1v) is 10.00. The summed E-state index contributed by atoms with van der Waals surface area (Å²) in [5.74, 6) is -1.51. The molecular formula is C20H25F2N7O. The lowest BCUT2D eigenvalue weighted by Crippen LogP contribution is -2.32. The third kappa shape index (κ3) is 4.81. The zero-order valence-corrected chi connectivity index (χ0v) is 17.0. The van der Waals surface area contributed by atoms with Gasteiger partial charge in [-0.1, -0.05) is 5.21 Å². The lowest BCUT2D eigenvalue weighted by Gasteiger charge is -2.29. The lowest BCUT2D eigenvalue weighted by atomic mass is 9.92. The topological polar surface area (TPSA) is 93.7 Å². The molecule has 1 fully saturated rings. The van der Waals surface area contributed by atoms with Gasteiger partial charge in [0.15, 0.2) is 5.82 Å². The largest absolute Gasteiger partial charge is 0.388 e. The molecule has 10 heteroatoms. The van der Waals surface area contributed by atoms with Gasteiger partial charge < -0.3 is 10.4 Å². The van der Waals surface area contributed by atoms with Crippen LogP contribution in [0.4, 0.5) is 14.6 Å². The number of hydrogen-bond acceptors (Lipinski definition) is 6. The molecule has 0 aliphatic heterocycles. The molecule has 160 valence electrons. The zero-order valence-electron chi connectivity index (χ0n) is 17.0. The molecule has 1 atom stereocenters. The number of nitrogens with zero attached hydrogens (tertiary/aromatic N) is 6. The number of rotatable bonds is 6. The van der Waals surface area contributed by atoms with Crippen LogP contribution in [0.15, 0.2) is 30.6 Å². The van der Waals surface area contributed by atoms with Gasteiger partial charge in [-0.2, -0.15) is 5.10 Å². The summed E-state index contributed by atoms with van der Waals surface area (Å²) in [6, 6.07) is 5.30. The molecular weight excluding hydrogens is 392 g/mol. The fourth-order valence-electron chi connectivity index (χ4n) is 3.66. The molecule has 0 amide bonds. The molecule has 0 saturated heterocycles. The second-order valence-electron chi connectivity index (χ2n) is 7.92. The minimum Gasteiger partial charge on any atom is -0.388 e. The molecule has 3 aromatic heterocycles. The first-order valence-electron chi connectivity index (χ1n) is 10.00. The molecule has 30 heavy (non-hydrogen) atoms. The molecule has 0 spiro atoms. The van der Waals surface area contributed by atoms with Crippen molar-refractivity contribution >= 4 is 5.82 Å². The summed E-state index contributed by atoms with van der Waals surface area (Å²) in [5.41, 5.74) is 2.15. The van der Waals surface area contributed by atoms with Crippen LogP contribution in [0, 0.1) is 6.92 Å². The highest BCUT2D eigenvalue weighted by atomic mass is 19.3. The van der Waals surface area contributed by atoms with E-state index in [9.17, 15) is 13.9 Å². The van der Waals surface area contributed by atoms with E-state index in [1.54, 1.807) is 40.9 Å². The molecule has 1 unspecified atom stereocenters. The number of hydrogen-bond donors (Lipinski definition) is 2. The summed E-state index contributed by atoms with van der Waals surface area (Å²) in [5, 5.41) is 26.4. The third-order valence-corrected chi connectivity index (χ3v) is 5.30. The van der Waals surface area contributed by atoms with Gasteiger partial charge in [-0.3, -0.25) is 4.68 Å². The molecule has 3 aromatic rings. The van der Waals surface area contributed by atoms with Gasteiger partial charge in [0.25, 0.3) is 0 Å². The van der Waals surface area contributed by atoms with Crippen LogP contribution in [0.5, 0.6) is 0 Å². The molecule has 0 aromatic carbocycles. The highest BCUT2D eigenvalue weighted by Crippen LogP contribution is 2.34. The van der Waals surface area contributed by atoms with Crippen LogP contribution in [0.2, 0.25) is 0 Å². The van der Waals surface area contributed by atoms with E-state index in [-0.39, 0.29) is 18.9 Å². The Balaban J connectivity index is 1.59. The number of pyridine rings is 1. The summed E-state index contributed by atoms with van der Waals surface area (Å²) in [6.07, 6.45) is 3.50. The van der Waals surface area contributed by atoms with Crippen molar-refractivity contribution in [2.24, 2.45) is 7.05 Å². The first-order chi connectivity index (χ1) is 14.3. The summed E-state index contributed by atoms with van der Waals surface area (Å²) < 4.78 is 30.2. The minimum atomic E-state index is -2.59. The quantitative estimate of drug-likeness (QED) is 0.641. The van der Waals surface area contributed by atoms with Gasteiger partial charge in [-0.25, -0.2) is 18.4 Å². The van der Waals surface area contributed by atoms with E-state index in [1.165, 1.54) is 0 Å². The van der Waals surface area contributed by atoms with Crippen LogP contribution in [-0.2, 0) is 13.5 Å². The van der Waals surface area contributed by atoms with E-state index in [0.29, 0.717) is 42.2 Å². The van der Waals surface area contributed by atoms with Crippen molar-refractivity contribution in [2.75, 3.05) is 5.32 Å². The maximum Gasteiger partial charge on any atom is 0.248 e. The molecule has 1 aliphatic carbocycles. The van der Waals surface area contributed by atoms with Crippen molar-refractivity contribution in [1.29, 1.82) is 0 Å². The van der Waals surface area contributed by atoms with Gasteiger partial charge >= 0.3 is 0 Å². The monoisotopic (exact) mass is 417 g/mol. The van der Waals surface area contributed by atoms with E-state index >= 15 is 0 Å². The number of aliphatic hydroxyl groups is 1. The molecule has 4 rings (SSSR count). The number of alkyl halides is 2. The van der Waals surface area contributed by atoms with Gasteiger partial charge in [0, 0.05) is 44.7 Å². The summed E-state index contributed by atoms with van der Waals surface area (Å²) in [4.78, 5) is 4.60. The Morgan fingerprint density at radius 3 is 2.70 bits per heavy atom. The molecule has 2 N–H and O–H groups in total. The summed E-state index contributed by atoms with van der Waals surface area (Å²) in [7, 11) is 1.77. The van der Waals surface area contributed by atoms with Gasteiger partial charge in [0.05, 0.1) is 17.5 Å². The fourth-order valence-corrected chi connectivity index (χ4v) is 3.66. The smallest absolute Gasteiger partial charge is 0.248 e. The van der Waals surface area contributed by atoms with Crippen LogP contribution in [-0.4, -0.2) is 46.8 Å². The maximum absolute atomic E-state index is 13.5. The van der Waals surface area contributed by atoms with E-state index in [1.807, 2.05) is 13.0 Å². The van der Waals surface area contributed by atoms with Crippen molar-refractivity contribution in [1.82, 2.24) is 29.8 Å². The average molecular weight is 417 g/mol. The predicted octanol–water partition coefficient (Wildman–Crippen LogP) is 2.97. The zero-order chi connectivity index (χ0) is 21.3. The Hall–Kier alpha value is -2.88. The van der Waals surface area contributed by atoms with E-state index < -0.39 is 12.0 Å². The standard InChI is InChI=1S/C20H25F2N7O/c1-13-5-8-29(26-13)19-10-14(17(30)11-16-12-28(2)27-25-16)9-18(24-19)23-15-3-6-20(21,22)7-4-15/h5,8-10,12,15,17,30H,3-4,6-7,11H2,1-2H3,(H,23,24). The third-order valence-electron chi connectivity index (χ3n) is 5.30. The van der Waals surface area contributed by atoms with Crippen molar-refractivity contribution in [3.8, 4) is 5.82 Å². The SMILES string of the molecule is Cc1ccn(-c2cc(C(O)Cc3cn(C)nn3)cc(NC3CCC(F)(F)CC3)n2)n1. The van der Waals surface area contributed by atoms with E-state index in [4.69, 9.17) is 0 Å². The van der Waals surface area contributed by atoms with Crippen LogP contribution in [0.3, 0.4) is 0 Å². The highest BCUT2D eigenvalue weighted by molar-refractivity contribution is 5.45. The van der Waals surface area contributed by atoms with Gasteiger partial charge in [0.1, 0.15) is 5.82 Å². The number of halogens is 2. The minimum absolute atomic E-state index is 0.0864. The predicted molar refractivity (Wildman–Crippen MR) is 107 cm³/mol. The Labute approximate surface area is 172 Å². The number of aryl methyl sites for hydroxylation is 2. The Bertz CT molecular complexity index is 1010.